The third-order valence-electron chi connectivity index (χ3n) is 4.39. The number of rotatable bonds is 5. The maximum absolute atomic E-state index is 14.0. The van der Waals surface area contributed by atoms with Gasteiger partial charge in [-0.3, -0.25) is 0 Å². The Bertz CT molecular complexity index is 932. The van der Waals surface area contributed by atoms with Gasteiger partial charge in [0.2, 0.25) is 10.0 Å². The Morgan fingerprint density at radius 1 is 1.19 bits per heavy atom. The summed E-state index contributed by atoms with van der Waals surface area (Å²) in [4.78, 5) is 3.72. The van der Waals surface area contributed by atoms with Crippen molar-refractivity contribution in [3.05, 3.63) is 47.7 Å². The van der Waals surface area contributed by atoms with Crippen molar-refractivity contribution < 1.29 is 17.3 Å². The molecule has 1 aliphatic rings. The topological polar surface area (TPSA) is 69.9 Å². The summed E-state index contributed by atoms with van der Waals surface area (Å²) in [6, 6.07) is 6.51. The van der Waals surface area contributed by atoms with Gasteiger partial charge in [-0.1, -0.05) is 17.3 Å². The van der Waals surface area contributed by atoms with Crippen molar-refractivity contribution in [3.63, 3.8) is 0 Å². The molecule has 0 bridgehead atoms. The molecule has 0 amide bonds. The fourth-order valence-electron chi connectivity index (χ4n) is 3.02. The van der Waals surface area contributed by atoms with Gasteiger partial charge in [-0.05, 0) is 19.1 Å². The highest BCUT2D eigenvalue weighted by molar-refractivity contribution is 7.89. The highest BCUT2D eigenvalue weighted by atomic mass is 32.2. The van der Waals surface area contributed by atoms with Crippen LogP contribution in [0.4, 0.5) is 10.1 Å². The van der Waals surface area contributed by atoms with Gasteiger partial charge >= 0.3 is 0 Å². The van der Waals surface area contributed by atoms with Crippen molar-refractivity contribution in [1.29, 1.82) is 0 Å². The Hall–Kier alpha value is -2.39. The molecule has 1 fully saturated rings. The SMILES string of the molecule is Cc1noc(C=CN(C)C)c1S(=O)(=O)N1CCN(c2ccccc2F)CC1. The van der Waals surface area contributed by atoms with E-state index >= 15 is 0 Å². The molecule has 0 N–H and O–H groups in total. The molecular formula is C18H23FN4O3S. The first-order valence-electron chi connectivity index (χ1n) is 8.61. The number of nitrogens with zero attached hydrogens (tertiary/aromatic N) is 4. The molecule has 0 atom stereocenters. The van der Waals surface area contributed by atoms with E-state index in [4.69, 9.17) is 4.52 Å². The van der Waals surface area contributed by atoms with Gasteiger partial charge in [-0.25, -0.2) is 12.8 Å². The fourth-order valence-corrected chi connectivity index (χ4v) is 4.69. The average molecular weight is 394 g/mol. The van der Waals surface area contributed by atoms with Gasteiger partial charge < -0.3 is 14.3 Å². The lowest BCUT2D eigenvalue weighted by Gasteiger charge is -2.35. The number of piperazine rings is 1. The first kappa shape index (κ1) is 19.4. The zero-order chi connectivity index (χ0) is 19.6. The number of anilines is 1. The molecule has 1 saturated heterocycles. The maximum atomic E-state index is 14.0. The van der Waals surface area contributed by atoms with Gasteiger partial charge in [0.1, 0.15) is 11.5 Å². The quantitative estimate of drug-likeness (QED) is 0.774. The Kier molecular flexibility index (Phi) is 5.52. The molecule has 7 nitrogen and oxygen atoms in total. The Balaban J connectivity index is 1.80. The van der Waals surface area contributed by atoms with Gasteiger partial charge in [0.15, 0.2) is 10.7 Å². The number of hydrogen-bond donors (Lipinski definition) is 0. The van der Waals surface area contributed by atoms with Crippen LogP contribution < -0.4 is 4.90 Å². The van der Waals surface area contributed by atoms with E-state index in [1.54, 1.807) is 42.3 Å². The van der Waals surface area contributed by atoms with Crippen molar-refractivity contribution in [3.8, 4) is 0 Å². The zero-order valence-electron chi connectivity index (χ0n) is 15.6. The summed E-state index contributed by atoms with van der Waals surface area (Å²) in [6.45, 7) is 2.95. The molecular weight excluding hydrogens is 371 g/mol. The normalized spacial score (nSPS) is 16.2. The van der Waals surface area contributed by atoms with Crippen molar-refractivity contribution in [2.75, 3.05) is 45.2 Å². The summed E-state index contributed by atoms with van der Waals surface area (Å²) < 4.78 is 46.8. The first-order chi connectivity index (χ1) is 12.8. The number of aromatic nitrogens is 1. The van der Waals surface area contributed by atoms with E-state index in [2.05, 4.69) is 5.16 Å². The van der Waals surface area contributed by atoms with Crippen molar-refractivity contribution in [2.24, 2.45) is 0 Å². The minimum absolute atomic E-state index is 0.0833. The second-order valence-corrected chi connectivity index (χ2v) is 8.46. The van der Waals surface area contributed by atoms with E-state index in [0.29, 0.717) is 24.5 Å². The third-order valence-corrected chi connectivity index (χ3v) is 6.44. The minimum atomic E-state index is -3.76. The smallest absolute Gasteiger partial charge is 0.248 e. The van der Waals surface area contributed by atoms with Gasteiger partial charge in [0.25, 0.3) is 0 Å². The van der Waals surface area contributed by atoms with Gasteiger partial charge in [0, 0.05) is 52.6 Å². The first-order valence-corrected chi connectivity index (χ1v) is 10.0. The summed E-state index contributed by atoms with van der Waals surface area (Å²) in [5.41, 5.74) is 0.815. The summed E-state index contributed by atoms with van der Waals surface area (Å²) >= 11 is 0. The zero-order valence-corrected chi connectivity index (χ0v) is 16.4. The van der Waals surface area contributed by atoms with Crippen LogP contribution in [0.15, 0.2) is 39.9 Å². The van der Waals surface area contributed by atoms with E-state index in [0.717, 1.165) is 0 Å². The van der Waals surface area contributed by atoms with Crippen LogP contribution in [0.2, 0.25) is 0 Å². The number of halogens is 1. The lowest BCUT2D eigenvalue weighted by molar-refractivity contribution is 0.381. The van der Waals surface area contributed by atoms with E-state index in [1.165, 1.54) is 10.4 Å². The third kappa shape index (κ3) is 3.98. The maximum Gasteiger partial charge on any atom is 0.248 e. The largest absolute Gasteiger partial charge is 0.383 e. The monoisotopic (exact) mass is 394 g/mol. The molecule has 0 radical (unpaired) electrons. The molecule has 1 aromatic carbocycles. The molecule has 0 saturated carbocycles. The molecule has 0 unspecified atom stereocenters. The van der Waals surface area contributed by atoms with Crippen molar-refractivity contribution in [2.45, 2.75) is 11.8 Å². The van der Waals surface area contributed by atoms with E-state index in [9.17, 15) is 12.8 Å². The number of benzene rings is 1. The Labute approximate surface area is 158 Å². The number of sulfonamides is 1. The molecule has 27 heavy (non-hydrogen) atoms. The van der Waals surface area contributed by atoms with Crippen LogP contribution in [0, 0.1) is 12.7 Å². The van der Waals surface area contributed by atoms with Crippen LogP contribution in [-0.2, 0) is 10.0 Å². The van der Waals surface area contributed by atoms with Crippen LogP contribution in [0.5, 0.6) is 0 Å². The molecule has 2 heterocycles. The van der Waals surface area contributed by atoms with Gasteiger partial charge in [-0.2, -0.15) is 4.31 Å². The molecule has 1 aliphatic heterocycles. The molecule has 0 spiro atoms. The second-order valence-electron chi connectivity index (χ2n) is 6.58. The predicted octanol–water partition coefficient (Wildman–Crippen LogP) is 2.17. The van der Waals surface area contributed by atoms with Crippen LogP contribution in [0.25, 0.3) is 6.08 Å². The fraction of sp³-hybridized carbons (Fsp3) is 0.389. The van der Waals surface area contributed by atoms with Gasteiger partial charge in [-0.15, -0.1) is 0 Å². The summed E-state index contributed by atoms with van der Waals surface area (Å²) in [7, 11) is -0.0984. The van der Waals surface area contributed by atoms with E-state index < -0.39 is 10.0 Å². The molecule has 2 aromatic rings. The molecule has 0 aliphatic carbocycles. The average Bonchev–Trinajstić information content (AvgIpc) is 3.02. The van der Waals surface area contributed by atoms with Crippen LogP contribution in [-0.4, -0.2) is 63.1 Å². The molecule has 146 valence electrons. The summed E-state index contributed by atoms with van der Waals surface area (Å²) in [5.74, 6) is -0.0995. The Morgan fingerprint density at radius 3 is 2.48 bits per heavy atom. The number of aryl methyl sites for hydroxylation is 1. The van der Waals surface area contributed by atoms with Crippen LogP contribution in [0.1, 0.15) is 11.5 Å². The summed E-state index contributed by atoms with van der Waals surface area (Å²) in [6.07, 6.45) is 3.29. The molecule has 3 rings (SSSR count). The van der Waals surface area contributed by atoms with Crippen molar-refractivity contribution in [1.82, 2.24) is 14.4 Å². The standard InChI is InChI=1S/C18H23FN4O3S/c1-14-18(17(26-20-14)8-9-21(2)3)27(24,25)23-12-10-22(11-13-23)16-7-5-4-6-15(16)19/h4-9H,10-13H2,1-3H3. The molecule has 1 aromatic heterocycles. The van der Waals surface area contributed by atoms with Gasteiger partial charge in [0.05, 0.1) is 5.69 Å². The Morgan fingerprint density at radius 2 is 1.85 bits per heavy atom. The van der Waals surface area contributed by atoms with Crippen LogP contribution in [0.3, 0.4) is 0 Å². The highest BCUT2D eigenvalue weighted by Gasteiger charge is 2.34. The van der Waals surface area contributed by atoms with Crippen molar-refractivity contribution >= 4 is 21.8 Å². The molecule has 9 heteroatoms. The lowest BCUT2D eigenvalue weighted by Crippen LogP contribution is -2.49. The number of para-hydroxylation sites is 1. The van der Waals surface area contributed by atoms with E-state index in [1.807, 2.05) is 19.0 Å². The lowest BCUT2D eigenvalue weighted by atomic mass is 10.2. The second kappa shape index (κ2) is 7.69. The minimum Gasteiger partial charge on any atom is -0.383 e. The number of hydrogen-bond acceptors (Lipinski definition) is 6. The van der Waals surface area contributed by atoms with Crippen LogP contribution >= 0.6 is 0 Å². The highest BCUT2D eigenvalue weighted by Crippen LogP contribution is 2.27. The summed E-state index contributed by atoms with van der Waals surface area (Å²) in [5, 5.41) is 3.82. The predicted molar refractivity (Wildman–Crippen MR) is 101 cm³/mol. The van der Waals surface area contributed by atoms with E-state index in [-0.39, 0.29) is 29.6 Å².